The molecule has 2 aromatic heterocycles. The van der Waals surface area contributed by atoms with Crippen LogP contribution < -0.4 is 24.4 Å². The average Bonchev–Trinajstić information content (AvgIpc) is 3.42. The monoisotopic (exact) mass is 554 g/mol. The van der Waals surface area contributed by atoms with Gasteiger partial charge in [-0.15, -0.1) is 0 Å². The number of fused-ring (bicyclic) bond motifs is 6. The highest BCUT2D eigenvalue weighted by Gasteiger charge is 2.53. The zero-order valence-electron chi connectivity index (χ0n) is 19.7. The number of ether oxygens (including phenoxy) is 2. The molecule has 4 aromatic rings. The third-order valence-electron chi connectivity index (χ3n) is 6.56. The van der Waals surface area contributed by atoms with Gasteiger partial charge in [0, 0.05) is 11.6 Å². The van der Waals surface area contributed by atoms with E-state index in [9.17, 15) is 9.59 Å². The number of Topliss-reactive ketones (excluding diaryl/α,β-unsaturated/α-hetero) is 1. The smallest absolute Gasteiger partial charge is 0.271 e. The van der Waals surface area contributed by atoms with Crippen LogP contribution in [0.5, 0.6) is 11.5 Å². The number of benzene rings is 2. The molecule has 10 heteroatoms. The van der Waals surface area contributed by atoms with Crippen molar-refractivity contribution in [2.24, 2.45) is 10.9 Å². The van der Waals surface area contributed by atoms with Gasteiger partial charge in [0.05, 0.1) is 15.6 Å². The first-order valence-electron chi connectivity index (χ1n) is 11.5. The molecule has 2 aliphatic rings. The molecule has 6 rings (SSSR count). The summed E-state index contributed by atoms with van der Waals surface area (Å²) in [6, 6.07) is 15.6. The van der Waals surface area contributed by atoms with E-state index in [2.05, 4.69) is 0 Å². The van der Waals surface area contributed by atoms with Crippen molar-refractivity contribution >= 4 is 46.4 Å². The number of ketones is 1. The number of carbonyl (C=O) groups is 1. The van der Waals surface area contributed by atoms with Crippen LogP contribution in [0.25, 0.3) is 6.08 Å². The van der Waals surface area contributed by atoms with E-state index >= 15 is 0 Å². The Balaban J connectivity index is 1.37. The van der Waals surface area contributed by atoms with E-state index in [1.54, 1.807) is 47.9 Å². The Hall–Kier alpha value is -3.33. The van der Waals surface area contributed by atoms with Gasteiger partial charge in [-0.25, -0.2) is 4.99 Å². The molecule has 0 saturated heterocycles. The Morgan fingerprint density at radius 3 is 2.81 bits per heavy atom. The SMILES string of the molecule is CC(=O)C1C2c3ccccc3OC1(C)N=c1sc(=Cc3ccc(COc4cccc(Cl)c4Cl)o3)c(=O)n12. The van der Waals surface area contributed by atoms with Crippen molar-refractivity contribution in [2.75, 3.05) is 0 Å². The lowest BCUT2D eigenvalue weighted by Crippen LogP contribution is -2.58. The largest absolute Gasteiger partial charge is 0.484 e. The van der Waals surface area contributed by atoms with Crippen LogP contribution in [0.3, 0.4) is 0 Å². The van der Waals surface area contributed by atoms with E-state index in [0.29, 0.717) is 42.4 Å². The summed E-state index contributed by atoms with van der Waals surface area (Å²) in [5, 5.41) is 0.732. The third kappa shape index (κ3) is 4.00. The number of para-hydroxylation sites is 1. The maximum atomic E-state index is 13.6. The summed E-state index contributed by atoms with van der Waals surface area (Å²) in [6.45, 7) is 3.45. The van der Waals surface area contributed by atoms with Gasteiger partial charge >= 0.3 is 0 Å². The van der Waals surface area contributed by atoms with E-state index in [0.717, 1.165) is 5.56 Å². The minimum Gasteiger partial charge on any atom is -0.484 e. The van der Waals surface area contributed by atoms with Gasteiger partial charge in [0.15, 0.2) is 4.80 Å². The van der Waals surface area contributed by atoms with Gasteiger partial charge in [-0.05, 0) is 44.2 Å². The molecule has 0 radical (unpaired) electrons. The zero-order chi connectivity index (χ0) is 25.9. The summed E-state index contributed by atoms with van der Waals surface area (Å²) >= 11 is 13.5. The van der Waals surface area contributed by atoms with E-state index in [1.165, 1.54) is 18.3 Å². The second kappa shape index (κ2) is 8.90. The summed E-state index contributed by atoms with van der Waals surface area (Å²) in [6.07, 6.45) is 1.67. The van der Waals surface area contributed by atoms with Crippen LogP contribution in [-0.4, -0.2) is 16.1 Å². The minimum absolute atomic E-state index is 0.0875. The van der Waals surface area contributed by atoms with Crippen molar-refractivity contribution in [2.45, 2.75) is 32.2 Å². The first kappa shape index (κ1) is 24.0. The number of hydrogen-bond acceptors (Lipinski definition) is 7. The molecule has 7 nitrogen and oxygen atoms in total. The highest BCUT2D eigenvalue weighted by atomic mass is 35.5. The lowest BCUT2D eigenvalue weighted by Gasteiger charge is -2.45. The van der Waals surface area contributed by atoms with Gasteiger partial charge < -0.3 is 13.9 Å². The average molecular weight is 555 g/mol. The third-order valence-corrected chi connectivity index (χ3v) is 8.34. The molecule has 2 bridgehead atoms. The predicted molar refractivity (Wildman–Crippen MR) is 140 cm³/mol. The quantitative estimate of drug-likeness (QED) is 0.355. The van der Waals surface area contributed by atoms with E-state index < -0.39 is 17.7 Å². The first-order valence-corrected chi connectivity index (χ1v) is 13.1. The van der Waals surface area contributed by atoms with Crippen molar-refractivity contribution in [1.82, 2.24) is 4.57 Å². The molecule has 0 spiro atoms. The summed E-state index contributed by atoms with van der Waals surface area (Å²) < 4.78 is 19.9. The Morgan fingerprint density at radius 2 is 2.00 bits per heavy atom. The van der Waals surface area contributed by atoms with Crippen LogP contribution in [0.1, 0.15) is 37.0 Å². The molecular formula is C27H20Cl2N2O5S. The van der Waals surface area contributed by atoms with Crippen molar-refractivity contribution in [3.63, 3.8) is 0 Å². The number of rotatable bonds is 5. The topological polar surface area (TPSA) is 83.0 Å². The van der Waals surface area contributed by atoms with Crippen molar-refractivity contribution in [3.8, 4) is 11.5 Å². The lowest BCUT2D eigenvalue weighted by atomic mass is 9.79. The summed E-state index contributed by atoms with van der Waals surface area (Å²) in [4.78, 5) is 31.6. The van der Waals surface area contributed by atoms with Crippen LogP contribution in [-0.2, 0) is 11.4 Å². The normalized spacial score (nSPS) is 22.0. The Labute approximate surface area is 225 Å². The number of furan rings is 1. The molecule has 0 N–H and O–H groups in total. The highest BCUT2D eigenvalue weighted by Crippen LogP contribution is 2.47. The lowest BCUT2D eigenvalue weighted by molar-refractivity contribution is -0.132. The fourth-order valence-electron chi connectivity index (χ4n) is 4.98. The van der Waals surface area contributed by atoms with Gasteiger partial charge in [0.2, 0.25) is 5.72 Å². The van der Waals surface area contributed by atoms with Crippen LogP contribution in [0.15, 0.2) is 68.8 Å². The molecule has 3 unspecified atom stereocenters. The minimum atomic E-state index is -1.10. The maximum Gasteiger partial charge on any atom is 0.271 e. The van der Waals surface area contributed by atoms with E-state index in [-0.39, 0.29) is 17.9 Å². The number of halogens is 2. The fourth-order valence-corrected chi connectivity index (χ4v) is 6.41. The van der Waals surface area contributed by atoms with Crippen LogP contribution >= 0.6 is 34.5 Å². The molecule has 37 heavy (non-hydrogen) atoms. The molecule has 3 atom stereocenters. The number of hydrogen-bond donors (Lipinski definition) is 0. The van der Waals surface area contributed by atoms with Crippen LogP contribution in [0.4, 0.5) is 0 Å². The Morgan fingerprint density at radius 1 is 1.19 bits per heavy atom. The number of thiazole rings is 1. The fraction of sp³-hybridized carbons (Fsp3) is 0.222. The van der Waals surface area contributed by atoms with Gasteiger partial charge in [0.1, 0.15) is 46.4 Å². The molecule has 188 valence electrons. The maximum absolute atomic E-state index is 13.6. The Bertz CT molecular complexity index is 1740. The molecule has 0 amide bonds. The van der Waals surface area contributed by atoms with Gasteiger partial charge in [-0.2, -0.15) is 0 Å². The molecular weight excluding hydrogens is 535 g/mol. The van der Waals surface area contributed by atoms with E-state index in [4.69, 9.17) is 42.1 Å². The van der Waals surface area contributed by atoms with Crippen LogP contribution in [0, 0.1) is 5.92 Å². The number of aromatic nitrogens is 1. The van der Waals surface area contributed by atoms with Crippen molar-refractivity contribution in [1.29, 1.82) is 0 Å². The predicted octanol–water partition coefficient (Wildman–Crippen LogP) is 4.75. The van der Waals surface area contributed by atoms with Gasteiger partial charge in [0.25, 0.3) is 5.56 Å². The second-order valence-electron chi connectivity index (χ2n) is 9.05. The standard InChI is InChI=1S/C27H20Cl2N2O5S/c1-14(32)22-24-17-6-3-4-8-19(17)36-27(22,2)30-26-31(24)25(33)21(37-26)12-15-10-11-16(35-15)13-34-20-9-5-7-18(28)23(20)29/h3-12,22,24H,13H2,1-2H3. The number of nitrogens with zero attached hydrogens (tertiary/aromatic N) is 2. The molecule has 2 aliphatic heterocycles. The van der Waals surface area contributed by atoms with Gasteiger partial charge in [-0.3, -0.25) is 14.2 Å². The van der Waals surface area contributed by atoms with Crippen molar-refractivity contribution in [3.05, 3.63) is 101 Å². The summed E-state index contributed by atoms with van der Waals surface area (Å²) in [5.74, 6) is 1.40. The summed E-state index contributed by atoms with van der Waals surface area (Å²) in [7, 11) is 0. The number of carbonyl (C=O) groups excluding carboxylic acids is 1. The zero-order valence-corrected chi connectivity index (χ0v) is 22.1. The first-order chi connectivity index (χ1) is 17.7. The molecule has 4 heterocycles. The molecule has 0 aliphatic carbocycles. The molecule has 2 aromatic carbocycles. The van der Waals surface area contributed by atoms with Crippen LogP contribution in [0.2, 0.25) is 10.0 Å². The van der Waals surface area contributed by atoms with Gasteiger partial charge in [-0.1, -0.05) is 58.8 Å². The highest BCUT2D eigenvalue weighted by molar-refractivity contribution is 7.07. The summed E-state index contributed by atoms with van der Waals surface area (Å²) in [5.41, 5.74) is -0.547. The van der Waals surface area contributed by atoms with E-state index in [1.807, 2.05) is 24.3 Å². The Kier molecular flexibility index (Phi) is 5.78. The molecule has 0 fully saturated rings. The van der Waals surface area contributed by atoms with Crippen molar-refractivity contribution < 1.29 is 18.7 Å². The second-order valence-corrected chi connectivity index (χ2v) is 10.8. The molecule has 0 saturated carbocycles.